The maximum atomic E-state index is 12.3. The van der Waals surface area contributed by atoms with E-state index in [1.165, 1.54) is 0 Å². The van der Waals surface area contributed by atoms with Crippen LogP contribution in [0.4, 0.5) is 10.6 Å². The number of carbonyl (C=O) groups excluding carboxylic acids is 1. The maximum absolute atomic E-state index is 12.3. The third kappa shape index (κ3) is 4.52. The molecule has 0 aliphatic carbocycles. The number of anilines is 1. The lowest BCUT2D eigenvalue weighted by atomic mass is 10.2. The number of carbonyl (C=O) groups is 1. The molecule has 0 saturated carbocycles. The van der Waals surface area contributed by atoms with E-state index < -0.39 is 0 Å². The lowest BCUT2D eigenvalue weighted by Crippen LogP contribution is -2.45. The normalized spacial score (nSPS) is 19.0. The van der Waals surface area contributed by atoms with Crippen LogP contribution >= 0.6 is 11.8 Å². The van der Waals surface area contributed by atoms with Crippen molar-refractivity contribution in [3.63, 3.8) is 0 Å². The van der Waals surface area contributed by atoms with E-state index in [-0.39, 0.29) is 6.03 Å². The summed E-state index contributed by atoms with van der Waals surface area (Å²) in [5.74, 6) is 3.07. The predicted octanol–water partition coefficient (Wildman–Crippen LogP) is 2.18. The van der Waals surface area contributed by atoms with Crippen LogP contribution in [0.1, 0.15) is 18.9 Å². The van der Waals surface area contributed by atoms with Gasteiger partial charge in [0.05, 0.1) is 0 Å². The number of hydrogen-bond donors (Lipinski definition) is 1. The highest BCUT2D eigenvalue weighted by Gasteiger charge is 2.21. The second-order valence-corrected chi connectivity index (χ2v) is 6.74. The zero-order chi connectivity index (χ0) is 15.2. The first kappa shape index (κ1) is 15.9. The molecule has 2 amide bonds. The monoisotopic (exact) mass is 308 g/mol. The number of pyridine rings is 1. The van der Waals surface area contributed by atoms with Crippen molar-refractivity contribution in [2.75, 3.05) is 37.0 Å². The molecule has 1 aliphatic heterocycles. The van der Waals surface area contributed by atoms with Gasteiger partial charge in [-0.25, -0.2) is 9.78 Å². The van der Waals surface area contributed by atoms with Crippen LogP contribution in [0.2, 0.25) is 0 Å². The summed E-state index contributed by atoms with van der Waals surface area (Å²) >= 11 is 1.92. The third-order valence-electron chi connectivity index (χ3n) is 3.66. The minimum absolute atomic E-state index is 0.0354. The molecule has 1 fully saturated rings. The van der Waals surface area contributed by atoms with E-state index in [4.69, 9.17) is 0 Å². The van der Waals surface area contributed by atoms with E-state index in [1.54, 1.807) is 6.20 Å². The molecule has 0 radical (unpaired) electrons. The molecule has 21 heavy (non-hydrogen) atoms. The topological polar surface area (TPSA) is 48.5 Å². The van der Waals surface area contributed by atoms with Gasteiger partial charge in [-0.05, 0) is 36.8 Å². The quantitative estimate of drug-likeness (QED) is 0.930. The second kappa shape index (κ2) is 7.54. The number of rotatable bonds is 3. The van der Waals surface area contributed by atoms with Gasteiger partial charge in [0.15, 0.2) is 0 Å². The lowest BCUT2D eigenvalue weighted by Gasteiger charge is -2.27. The molecule has 1 atom stereocenters. The Bertz CT molecular complexity index is 480. The molecular weight excluding hydrogens is 284 g/mol. The van der Waals surface area contributed by atoms with E-state index in [0.717, 1.165) is 35.9 Å². The van der Waals surface area contributed by atoms with Crippen molar-refractivity contribution in [2.24, 2.45) is 0 Å². The van der Waals surface area contributed by atoms with Crippen LogP contribution in [0.15, 0.2) is 18.3 Å². The van der Waals surface area contributed by atoms with Crippen LogP contribution in [0.5, 0.6) is 0 Å². The van der Waals surface area contributed by atoms with Crippen LogP contribution in [0.3, 0.4) is 0 Å². The van der Waals surface area contributed by atoms with E-state index in [1.807, 2.05) is 47.8 Å². The van der Waals surface area contributed by atoms with Crippen molar-refractivity contribution in [3.8, 4) is 0 Å². The summed E-state index contributed by atoms with van der Waals surface area (Å²) in [6.45, 7) is 3.50. The molecule has 0 bridgehead atoms. The van der Waals surface area contributed by atoms with Gasteiger partial charge in [0.25, 0.3) is 0 Å². The van der Waals surface area contributed by atoms with E-state index >= 15 is 0 Å². The summed E-state index contributed by atoms with van der Waals surface area (Å²) in [5, 5.41) is 3.02. The highest BCUT2D eigenvalue weighted by atomic mass is 32.2. The van der Waals surface area contributed by atoms with Gasteiger partial charge in [-0.2, -0.15) is 11.8 Å². The second-order valence-electron chi connectivity index (χ2n) is 5.52. The predicted molar refractivity (Wildman–Crippen MR) is 88.9 cm³/mol. The van der Waals surface area contributed by atoms with Crippen molar-refractivity contribution < 1.29 is 4.79 Å². The van der Waals surface area contributed by atoms with Crippen LogP contribution in [0, 0.1) is 0 Å². The average molecular weight is 308 g/mol. The molecule has 5 nitrogen and oxygen atoms in total. The SMILES string of the molecule is CC1CCSCCN1C(=O)NCc1ccnc(N(C)C)c1. The molecule has 1 aromatic heterocycles. The van der Waals surface area contributed by atoms with Crippen LogP contribution < -0.4 is 10.2 Å². The van der Waals surface area contributed by atoms with E-state index in [0.29, 0.717) is 12.6 Å². The van der Waals surface area contributed by atoms with Gasteiger partial charge in [-0.15, -0.1) is 0 Å². The summed E-state index contributed by atoms with van der Waals surface area (Å²) in [5.41, 5.74) is 1.07. The van der Waals surface area contributed by atoms with Crippen LogP contribution in [-0.4, -0.2) is 54.1 Å². The average Bonchev–Trinajstić information content (AvgIpc) is 2.69. The Labute approximate surface area is 131 Å². The first-order valence-corrected chi connectivity index (χ1v) is 8.48. The fourth-order valence-corrected chi connectivity index (χ4v) is 3.33. The summed E-state index contributed by atoms with van der Waals surface area (Å²) in [6.07, 6.45) is 2.85. The first-order valence-electron chi connectivity index (χ1n) is 7.32. The fraction of sp³-hybridized carbons (Fsp3) is 0.600. The number of amides is 2. The smallest absolute Gasteiger partial charge is 0.317 e. The third-order valence-corrected chi connectivity index (χ3v) is 4.66. The van der Waals surface area contributed by atoms with Gasteiger partial charge in [-0.3, -0.25) is 0 Å². The fourth-order valence-electron chi connectivity index (χ4n) is 2.29. The van der Waals surface area contributed by atoms with Gasteiger partial charge >= 0.3 is 6.03 Å². The maximum Gasteiger partial charge on any atom is 0.317 e. The van der Waals surface area contributed by atoms with Crippen LogP contribution in [-0.2, 0) is 6.54 Å². The molecule has 1 aromatic rings. The Morgan fingerprint density at radius 1 is 1.52 bits per heavy atom. The number of nitrogens with one attached hydrogen (secondary N) is 1. The molecule has 6 heteroatoms. The Morgan fingerprint density at radius 3 is 3.10 bits per heavy atom. The Morgan fingerprint density at radius 2 is 2.33 bits per heavy atom. The molecule has 1 N–H and O–H groups in total. The number of urea groups is 1. The molecule has 116 valence electrons. The molecule has 2 rings (SSSR count). The van der Waals surface area contributed by atoms with Crippen molar-refractivity contribution >= 4 is 23.6 Å². The molecule has 1 aliphatic rings. The number of aromatic nitrogens is 1. The van der Waals surface area contributed by atoms with Gasteiger partial charge in [0.1, 0.15) is 5.82 Å². The van der Waals surface area contributed by atoms with Crippen molar-refractivity contribution in [1.29, 1.82) is 0 Å². The van der Waals surface area contributed by atoms with Crippen molar-refractivity contribution in [3.05, 3.63) is 23.9 Å². The number of hydrogen-bond acceptors (Lipinski definition) is 4. The highest BCUT2D eigenvalue weighted by molar-refractivity contribution is 7.99. The first-order chi connectivity index (χ1) is 10.1. The Kier molecular flexibility index (Phi) is 5.73. The molecule has 0 spiro atoms. The van der Waals surface area contributed by atoms with Gasteiger partial charge in [0.2, 0.25) is 0 Å². The minimum Gasteiger partial charge on any atom is -0.363 e. The standard InChI is InChI=1S/C15H24N4OS/c1-12-5-8-21-9-7-19(12)15(20)17-11-13-4-6-16-14(10-13)18(2)3/h4,6,10,12H,5,7-9,11H2,1-3H3,(H,17,20). The zero-order valence-electron chi connectivity index (χ0n) is 13.0. The summed E-state index contributed by atoms with van der Waals surface area (Å²) in [4.78, 5) is 20.5. The molecule has 2 heterocycles. The number of nitrogens with zero attached hydrogens (tertiary/aromatic N) is 3. The van der Waals surface area contributed by atoms with E-state index in [9.17, 15) is 4.79 Å². The van der Waals surface area contributed by atoms with Crippen molar-refractivity contribution in [2.45, 2.75) is 25.9 Å². The van der Waals surface area contributed by atoms with Gasteiger partial charge in [0, 0.05) is 45.2 Å². The zero-order valence-corrected chi connectivity index (χ0v) is 13.8. The van der Waals surface area contributed by atoms with Gasteiger partial charge < -0.3 is 15.1 Å². The summed E-state index contributed by atoms with van der Waals surface area (Å²) in [6, 6.07) is 4.29. The summed E-state index contributed by atoms with van der Waals surface area (Å²) in [7, 11) is 3.92. The highest BCUT2D eigenvalue weighted by Crippen LogP contribution is 2.16. The van der Waals surface area contributed by atoms with Crippen molar-refractivity contribution in [1.82, 2.24) is 15.2 Å². The molecule has 0 aromatic carbocycles. The lowest BCUT2D eigenvalue weighted by molar-refractivity contribution is 0.182. The largest absolute Gasteiger partial charge is 0.363 e. The molecule has 1 unspecified atom stereocenters. The summed E-state index contributed by atoms with van der Waals surface area (Å²) < 4.78 is 0. The van der Waals surface area contributed by atoms with Crippen LogP contribution in [0.25, 0.3) is 0 Å². The molecular formula is C15H24N4OS. The Hall–Kier alpha value is -1.43. The minimum atomic E-state index is 0.0354. The van der Waals surface area contributed by atoms with Gasteiger partial charge in [-0.1, -0.05) is 0 Å². The van der Waals surface area contributed by atoms with E-state index in [2.05, 4.69) is 17.2 Å². The Balaban J connectivity index is 1.92. The number of thioether (sulfide) groups is 1. The molecule has 1 saturated heterocycles.